The summed E-state index contributed by atoms with van der Waals surface area (Å²) in [5.41, 5.74) is 2.80. The maximum atomic E-state index is 12.4. The first-order chi connectivity index (χ1) is 11.3. The van der Waals surface area contributed by atoms with E-state index in [1.807, 2.05) is 19.9 Å². The first kappa shape index (κ1) is 16.8. The molecule has 1 heterocycles. The molecule has 0 bridgehead atoms. The fourth-order valence-electron chi connectivity index (χ4n) is 2.84. The molecule has 0 fully saturated rings. The SMILES string of the molecule is C=Cc1ccc(C(=O)Nc2ccc3c(c2)B(O)OC3(C)C)c(Cl)c1. The summed E-state index contributed by atoms with van der Waals surface area (Å²) >= 11 is 6.15. The second-order valence-electron chi connectivity index (χ2n) is 6.18. The molecule has 2 aromatic carbocycles. The van der Waals surface area contributed by atoms with Crippen LogP contribution < -0.4 is 10.8 Å². The van der Waals surface area contributed by atoms with Gasteiger partial charge in [0.15, 0.2) is 0 Å². The normalized spacial score (nSPS) is 15.1. The Labute approximate surface area is 146 Å². The number of benzene rings is 2. The first-order valence-corrected chi connectivity index (χ1v) is 7.93. The number of amides is 1. The molecule has 0 atom stereocenters. The van der Waals surface area contributed by atoms with Gasteiger partial charge in [0.05, 0.1) is 16.2 Å². The molecule has 0 saturated carbocycles. The molecule has 0 aromatic heterocycles. The minimum atomic E-state index is -0.998. The van der Waals surface area contributed by atoms with E-state index in [0.717, 1.165) is 11.1 Å². The van der Waals surface area contributed by atoms with Crippen LogP contribution in [0.1, 0.15) is 35.3 Å². The van der Waals surface area contributed by atoms with Crippen LogP contribution in [0.4, 0.5) is 5.69 Å². The molecule has 0 radical (unpaired) electrons. The molecule has 0 aliphatic carbocycles. The van der Waals surface area contributed by atoms with Crippen molar-refractivity contribution in [1.82, 2.24) is 0 Å². The van der Waals surface area contributed by atoms with E-state index >= 15 is 0 Å². The average molecular weight is 342 g/mol. The van der Waals surface area contributed by atoms with Crippen molar-refractivity contribution < 1.29 is 14.5 Å². The molecule has 0 unspecified atom stereocenters. The minimum Gasteiger partial charge on any atom is -0.423 e. The fourth-order valence-corrected chi connectivity index (χ4v) is 3.11. The lowest BCUT2D eigenvalue weighted by molar-refractivity contribution is 0.101. The van der Waals surface area contributed by atoms with E-state index in [1.165, 1.54) is 0 Å². The van der Waals surface area contributed by atoms with Crippen LogP contribution in [0.3, 0.4) is 0 Å². The standard InChI is InChI=1S/C18H17BClNO3/c1-4-11-5-7-13(16(20)9-11)17(22)21-12-6-8-14-15(10-12)19(23)24-18(14,2)3/h4-10,23H,1H2,2-3H3,(H,21,22). The van der Waals surface area contributed by atoms with Crippen molar-refractivity contribution in [2.24, 2.45) is 0 Å². The Morgan fingerprint density at radius 1 is 1.33 bits per heavy atom. The van der Waals surface area contributed by atoms with Crippen LogP contribution >= 0.6 is 11.6 Å². The van der Waals surface area contributed by atoms with Gasteiger partial charge in [0.1, 0.15) is 0 Å². The van der Waals surface area contributed by atoms with Gasteiger partial charge in [-0.1, -0.05) is 36.4 Å². The van der Waals surface area contributed by atoms with E-state index in [2.05, 4.69) is 11.9 Å². The van der Waals surface area contributed by atoms with Crippen molar-refractivity contribution in [3.05, 3.63) is 64.7 Å². The quantitative estimate of drug-likeness (QED) is 0.843. The average Bonchev–Trinajstić information content (AvgIpc) is 2.76. The van der Waals surface area contributed by atoms with E-state index in [-0.39, 0.29) is 5.91 Å². The molecule has 24 heavy (non-hydrogen) atoms. The Bertz CT molecular complexity index is 835. The number of fused-ring (bicyclic) bond motifs is 1. The Morgan fingerprint density at radius 2 is 2.08 bits per heavy atom. The molecule has 1 amide bonds. The predicted octanol–water partition coefficient (Wildman–Crippen LogP) is 3.19. The van der Waals surface area contributed by atoms with Crippen molar-refractivity contribution in [2.75, 3.05) is 5.32 Å². The van der Waals surface area contributed by atoms with Gasteiger partial charge in [-0.05, 0) is 54.7 Å². The molecular weight excluding hydrogens is 324 g/mol. The summed E-state index contributed by atoms with van der Waals surface area (Å²) in [6.07, 6.45) is 1.66. The number of anilines is 1. The first-order valence-electron chi connectivity index (χ1n) is 7.55. The molecule has 2 N–H and O–H groups in total. The van der Waals surface area contributed by atoms with Crippen LogP contribution in [-0.2, 0) is 10.3 Å². The summed E-state index contributed by atoms with van der Waals surface area (Å²) in [5.74, 6) is -0.316. The van der Waals surface area contributed by atoms with Gasteiger partial charge >= 0.3 is 7.12 Å². The maximum absolute atomic E-state index is 12.4. The number of rotatable bonds is 3. The van der Waals surface area contributed by atoms with Gasteiger partial charge in [0.25, 0.3) is 5.91 Å². The van der Waals surface area contributed by atoms with Crippen molar-refractivity contribution in [2.45, 2.75) is 19.4 Å². The van der Waals surface area contributed by atoms with Gasteiger partial charge in [-0.3, -0.25) is 4.79 Å². The van der Waals surface area contributed by atoms with Crippen LogP contribution in [0.25, 0.3) is 6.08 Å². The van der Waals surface area contributed by atoms with Gasteiger partial charge in [-0.15, -0.1) is 0 Å². The summed E-state index contributed by atoms with van der Waals surface area (Å²) < 4.78 is 5.52. The van der Waals surface area contributed by atoms with E-state index in [9.17, 15) is 9.82 Å². The van der Waals surface area contributed by atoms with Crippen molar-refractivity contribution in [1.29, 1.82) is 0 Å². The van der Waals surface area contributed by atoms with Crippen LogP contribution in [0.5, 0.6) is 0 Å². The zero-order valence-electron chi connectivity index (χ0n) is 13.5. The fraction of sp³-hybridized carbons (Fsp3) is 0.167. The second kappa shape index (κ2) is 6.09. The lowest BCUT2D eigenvalue weighted by Gasteiger charge is -2.19. The smallest absolute Gasteiger partial charge is 0.423 e. The zero-order chi connectivity index (χ0) is 17.5. The van der Waals surface area contributed by atoms with Crippen LogP contribution in [0.2, 0.25) is 5.02 Å². The molecule has 1 aliphatic heterocycles. The van der Waals surface area contributed by atoms with Crippen molar-refractivity contribution in [3.8, 4) is 0 Å². The summed E-state index contributed by atoms with van der Waals surface area (Å²) in [6.45, 7) is 7.45. The third kappa shape index (κ3) is 2.98. The third-order valence-electron chi connectivity index (χ3n) is 4.10. The monoisotopic (exact) mass is 341 g/mol. The summed E-state index contributed by atoms with van der Waals surface area (Å²) in [7, 11) is -0.998. The zero-order valence-corrected chi connectivity index (χ0v) is 14.2. The largest absolute Gasteiger partial charge is 0.492 e. The summed E-state index contributed by atoms with van der Waals surface area (Å²) in [6, 6.07) is 10.5. The molecule has 4 nitrogen and oxygen atoms in total. The van der Waals surface area contributed by atoms with E-state index < -0.39 is 12.7 Å². The molecule has 0 saturated heterocycles. The van der Waals surface area contributed by atoms with Crippen LogP contribution in [0, 0.1) is 0 Å². The highest BCUT2D eigenvalue weighted by molar-refractivity contribution is 6.62. The van der Waals surface area contributed by atoms with Gasteiger partial charge in [-0.25, -0.2) is 0 Å². The summed E-state index contributed by atoms with van der Waals surface area (Å²) in [4.78, 5) is 12.4. The highest BCUT2D eigenvalue weighted by Gasteiger charge is 2.40. The number of hydrogen-bond donors (Lipinski definition) is 2. The Kier molecular flexibility index (Phi) is 4.26. The Hall–Kier alpha value is -2.08. The Morgan fingerprint density at radius 3 is 2.75 bits per heavy atom. The third-order valence-corrected chi connectivity index (χ3v) is 4.42. The van der Waals surface area contributed by atoms with Crippen molar-refractivity contribution in [3.63, 3.8) is 0 Å². The lowest BCUT2D eigenvalue weighted by Crippen LogP contribution is -2.29. The summed E-state index contributed by atoms with van der Waals surface area (Å²) in [5, 5.41) is 13.2. The molecule has 3 rings (SSSR count). The van der Waals surface area contributed by atoms with E-state index in [1.54, 1.807) is 36.4 Å². The van der Waals surface area contributed by atoms with Crippen LogP contribution in [-0.4, -0.2) is 18.0 Å². The molecule has 2 aromatic rings. The molecule has 1 aliphatic rings. The number of carbonyl (C=O) groups excluding carboxylic acids is 1. The number of halogens is 1. The van der Waals surface area contributed by atoms with E-state index in [4.69, 9.17) is 16.3 Å². The number of nitrogens with one attached hydrogen (secondary N) is 1. The number of hydrogen-bond acceptors (Lipinski definition) is 3. The van der Waals surface area contributed by atoms with Crippen LogP contribution in [0.15, 0.2) is 43.0 Å². The highest BCUT2D eigenvalue weighted by atomic mass is 35.5. The topological polar surface area (TPSA) is 58.6 Å². The molecule has 0 spiro atoms. The highest BCUT2D eigenvalue weighted by Crippen LogP contribution is 2.31. The van der Waals surface area contributed by atoms with E-state index in [0.29, 0.717) is 21.7 Å². The molecular formula is C18H17BClNO3. The second-order valence-corrected chi connectivity index (χ2v) is 6.59. The maximum Gasteiger partial charge on any atom is 0.492 e. The van der Waals surface area contributed by atoms with Gasteiger partial charge in [0, 0.05) is 5.69 Å². The molecule has 6 heteroatoms. The Balaban J connectivity index is 1.86. The predicted molar refractivity (Wildman–Crippen MR) is 97.7 cm³/mol. The van der Waals surface area contributed by atoms with Gasteiger partial charge < -0.3 is 15.0 Å². The van der Waals surface area contributed by atoms with Gasteiger partial charge in [0.2, 0.25) is 0 Å². The lowest BCUT2D eigenvalue weighted by atomic mass is 9.78. The molecule has 122 valence electrons. The van der Waals surface area contributed by atoms with Crippen molar-refractivity contribution >= 4 is 41.9 Å². The minimum absolute atomic E-state index is 0.316. The number of carbonyl (C=O) groups is 1. The van der Waals surface area contributed by atoms with Gasteiger partial charge in [-0.2, -0.15) is 0 Å².